The van der Waals surface area contributed by atoms with Crippen LogP contribution in [0.5, 0.6) is 0 Å². The van der Waals surface area contributed by atoms with Gasteiger partial charge < -0.3 is 25.0 Å². The topological polar surface area (TPSA) is 202 Å². The molecule has 6 rings (SSSR count). The molecule has 1 saturated heterocycles. The number of hydrogen-bond acceptors (Lipinski definition) is 11. The third-order valence-corrected chi connectivity index (χ3v) is 12.1. The number of nitrogens with zero attached hydrogens (tertiary/aromatic N) is 2. The number of rotatable bonds is 6. The van der Waals surface area contributed by atoms with Crippen LogP contribution in [-0.4, -0.2) is 89.3 Å². The van der Waals surface area contributed by atoms with E-state index in [9.17, 15) is 32.4 Å². The number of carbonyl (C=O) groups excluding carboxylic acids is 5. The van der Waals surface area contributed by atoms with Gasteiger partial charge in [0.2, 0.25) is 21.8 Å². The summed E-state index contributed by atoms with van der Waals surface area (Å²) in [4.78, 5) is 73.5. The average molecular weight is 745 g/mol. The Hall–Kier alpha value is -4.25. The predicted octanol–water partition coefficient (Wildman–Crippen LogP) is 3.71. The first-order valence-corrected chi connectivity index (χ1v) is 19.7. The van der Waals surface area contributed by atoms with Crippen molar-refractivity contribution >= 4 is 66.6 Å². The van der Waals surface area contributed by atoms with E-state index in [1.807, 2.05) is 36.4 Å². The summed E-state index contributed by atoms with van der Waals surface area (Å²) < 4.78 is 39.6. The molecule has 15 nitrogen and oxygen atoms in total. The third kappa shape index (κ3) is 8.80. The summed E-state index contributed by atoms with van der Waals surface area (Å²) in [6, 6.07) is 5.10. The minimum absolute atomic E-state index is 0.109. The van der Waals surface area contributed by atoms with Gasteiger partial charge in [-0.15, -0.1) is 0 Å². The Kier molecular flexibility index (Phi) is 10.3. The molecule has 2 aliphatic heterocycles. The van der Waals surface area contributed by atoms with Gasteiger partial charge >= 0.3 is 12.2 Å². The zero-order valence-electron chi connectivity index (χ0n) is 28.8. The highest BCUT2D eigenvalue weighted by Crippen LogP contribution is 2.46. The number of fused-ring (bicyclic) bond motifs is 3. The lowest BCUT2D eigenvalue weighted by atomic mass is 10.0. The number of thiazole rings is 1. The number of allylic oxidation sites excluding steroid dienone is 1. The minimum Gasteiger partial charge on any atom is -0.444 e. The maximum atomic E-state index is 14.2. The van der Waals surface area contributed by atoms with Crippen LogP contribution in [0.2, 0.25) is 0 Å². The molecular weight excluding hydrogens is 701 g/mol. The molecule has 1 unspecified atom stereocenters. The molecular formula is C34H44N6O9S2. The van der Waals surface area contributed by atoms with Crippen molar-refractivity contribution < 1.29 is 41.9 Å². The Bertz CT molecular complexity index is 1800. The van der Waals surface area contributed by atoms with Crippen LogP contribution < -0.4 is 20.7 Å². The number of aromatic nitrogens is 1. The Balaban J connectivity index is 1.24. The number of amides is 5. The van der Waals surface area contributed by atoms with Crippen molar-refractivity contribution in [3.63, 3.8) is 0 Å². The van der Waals surface area contributed by atoms with Crippen LogP contribution in [0.1, 0.15) is 78.6 Å². The first-order chi connectivity index (χ1) is 24.1. The Morgan fingerprint density at radius 2 is 1.82 bits per heavy atom. The second-order valence-corrected chi connectivity index (χ2v) is 17.6. The summed E-state index contributed by atoms with van der Waals surface area (Å²) in [5.41, 5.74) is -1.67. The van der Waals surface area contributed by atoms with Gasteiger partial charge in [-0.2, -0.15) is 0 Å². The van der Waals surface area contributed by atoms with Crippen molar-refractivity contribution in [1.29, 1.82) is 0 Å². The fourth-order valence-electron chi connectivity index (χ4n) is 6.49. The molecule has 3 fully saturated rings. The molecule has 276 valence electrons. The van der Waals surface area contributed by atoms with Crippen LogP contribution in [0, 0.1) is 5.92 Å². The summed E-state index contributed by atoms with van der Waals surface area (Å²) in [5.74, 6) is -2.57. The number of sulfonamides is 1. The highest BCUT2D eigenvalue weighted by atomic mass is 32.2. The summed E-state index contributed by atoms with van der Waals surface area (Å²) in [6.07, 6.45) is 5.19. The molecule has 0 bridgehead atoms. The first kappa shape index (κ1) is 36.5. The van der Waals surface area contributed by atoms with Crippen LogP contribution in [0.3, 0.4) is 0 Å². The Morgan fingerprint density at radius 1 is 1.06 bits per heavy atom. The molecule has 2 saturated carbocycles. The Labute approximate surface area is 300 Å². The van der Waals surface area contributed by atoms with E-state index in [0.717, 1.165) is 17.5 Å². The smallest absolute Gasteiger partial charge is 0.413 e. The fraction of sp³-hybridized carbons (Fsp3) is 0.588. The van der Waals surface area contributed by atoms with Crippen LogP contribution in [0.25, 0.3) is 10.2 Å². The molecule has 51 heavy (non-hydrogen) atoms. The number of alkyl carbamates (subject to hydrolysis) is 1. The maximum absolute atomic E-state index is 14.2. The number of carbonyl (C=O) groups is 5. The quantitative estimate of drug-likeness (QED) is 0.316. The van der Waals surface area contributed by atoms with Crippen molar-refractivity contribution in [2.75, 3.05) is 11.9 Å². The highest BCUT2D eigenvalue weighted by Gasteiger charge is 2.62. The van der Waals surface area contributed by atoms with E-state index in [0.29, 0.717) is 36.3 Å². The molecule has 3 heterocycles. The van der Waals surface area contributed by atoms with Crippen LogP contribution >= 0.6 is 11.3 Å². The van der Waals surface area contributed by atoms with Gasteiger partial charge in [-0.1, -0.05) is 48.5 Å². The number of para-hydroxylation sites is 1. The largest absolute Gasteiger partial charge is 0.444 e. The van der Waals surface area contributed by atoms with E-state index in [1.54, 1.807) is 20.8 Å². The van der Waals surface area contributed by atoms with E-state index < -0.39 is 80.4 Å². The first-order valence-electron chi connectivity index (χ1n) is 17.3. The van der Waals surface area contributed by atoms with Gasteiger partial charge in [-0.3, -0.25) is 24.4 Å². The van der Waals surface area contributed by atoms with Crippen molar-refractivity contribution in [3.8, 4) is 0 Å². The summed E-state index contributed by atoms with van der Waals surface area (Å²) in [6.45, 7) is 4.93. The maximum Gasteiger partial charge on any atom is 0.413 e. The lowest BCUT2D eigenvalue weighted by Crippen LogP contribution is -2.58. The highest BCUT2D eigenvalue weighted by molar-refractivity contribution is 7.91. The molecule has 1 aromatic heterocycles. The van der Waals surface area contributed by atoms with Crippen LogP contribution in [-0.2, 0) is 33.9 Å². The molecule has 4 N–H and O–H groups in total. The van der Waals surface area contributed by atoms with Crippen molar-refractivity contribution in [1.82, 2.24) is 25.2 Å². The second-order valence-electron chi connectivity index (χ2n) is 14.6. The van der Waals surface area contributed by atoms with Gasteiger partial charge in [0.15, 0.2) is 5.13 Å². The van der Waals surface area contributed by atoms with Gasteiger partial charge in [0, 0.05) is 12.3 Å². The van der Waals surface area contributed by atoms with Gasteiger partial charge in [0.05, 0.1) is 22.0 Å². The SMILES string of the molecule is CC(C)(C)OC(=O)N[C@H]1CCCCC/C=C\[C@@H]2C[C@@]2(C(=O)NS(=O)(=O)C2CC2)NC(=O)C2C[C@@H](OC(=O)Nc3nc4ccccc4s3)CN2C1=O. The molecule has 0 spiro atoms. The zero-order valence-corrected chi connectivity index (χ0v) is 30.4. The van der Waals surface area contributed by atoms with Gasteiger partial charge in [0.25, 0.3) is 5.91 Å². The van der Waals surface area contributed by atoms with Crippen LogP contribution in [0.15, 0.2) is 36.4 Å². The number of hydrogen-bond donors (Lipinski definition) is 4. The summed E-state index contributed by atoms with van der Waals surface area (Å²) in [7, 11) is -3.91. The Morgan fingerprint density at radius 3 is 2.55 bits per heavy atom. The van der Waals surface area contributed by atoms with E-state index in [4.69, 9.17) is 9.47 Å². The third-order valence-electron chi connectivity index (χ3n) is 9.31. The number of anilines is 1. The number of nitrogens with one attached hydrogen (secondary N) is 4. The second kappa shape index (κ2) is 14.4. The van der Waals surface area contributed by atoms with Crippen molar-refractivity contribution in [3.05, 3.63) is 36.4 Å². The normalized spacial score (nSPS) is 27.9. The van der Waals surface area contributed by atoms with Crippen molar-refractivity contribution in [2.24, 2.45) is 5.92 Å². The van der Waals surface area contributed by atoms with Gasteiger partial charge in [-0.25, -0.2) is 23.0 Å². The molecule has 1 aromatic carbocycles. The lowest BCUT2D eigenvalue weighted by Gasteiger charge is -2.30. The molecule has 4 aliphatic rings. The molecule has 2 aliphatic carbocycles. The standard InChI is InChI=1S/C34H44N6O9S2/c1-33(2,3)49-32(45)36-24-13-8-6-4-5-7-11-20-18-34(20,29(43)39-51(46,47)22-15-16-22)38-27(41)25-17-21(19-40(25)28(24)42)48-31(44)37-30-35-23-12-9-10-14-26(23)50-30/h7,9-12,14,20-22,24-25H,4-6,8,13,15-19H2,1-3H3,(H,36,45)(H,38,41)(H,39,43)(H,35,37,44)/b11-7-/t20-,21-,24+,25?,34-/m1/s1. The van der Waals surface area contributed by atoms with Crippen molar-refractivity contribution in [2.45, 2.75) is 113 Å². The van der Waals surface area contributed by atoms with E-state index in [2.05, 4.69) is 25.7 Å². The van der Waals surface area contributed by atoms with Gasteiger partial charge in [-0.05, 0) is 71.4 Å². The molecule has 0 radical (unpaired) electrons. The predicted molar refractivity (Wildman–Crippen MR) is 188 cm³/mol. The summed E-state index contributed by atoms with van der Waals surface area (Å²) >= 11 is 1.26. The molecule has 5 atom stereocenters. The monoisotopic (exact) mass is 744 g/mol. The number of benzene rings is 1. The van der Waals surface area contributed by atoms with Gasteiger partial charge in [0.1, 0.15) is 29.3 Å². The average Bonchev–Trinajstić information content (AvgIpc) is 3.93. The van der Waals surface area contributed by atoms with Crippen LogP contribution in [0.4, 0.5) is 14.7 Å². The fourth-order valence-corrected chi connectivity index (χ4v) is 8.71. The van der Waals surface area contributed by atoms with E-state index >= 15 is 0 Å². The van der Waals surface area contributed by atoms with E-state index in [-0.39, 0.29) is 25.8 Å². The lowest BCUT2D eigenvalue weighted by molar-refractivity contribution is -0.141. The summed E-state index contributed by atoms with van der Waals surface area (Å²) in [5, 5.41) is 7.75. The minimum atomic E-state index is -3.91. The number of ether oxygens (including phenoxy) is 2. The zero-order chi connectivity index (χ0) is 36.6. The molecule has 17 heteroatoms. The van der Waals surface area contributed by atoms with E-state index in [1.165, 1.54) is 16.2 Å². The molecule has 5 amide bonds. The molecule has 2 aromatic rings.